The third kappa shape index (κ3) is 4.48. The zero-order valence-electron chi connectivity index (χ0n) is 13.5. The van der Waals surface area contributed by atoms with E-state index in [0.717, 1.165) is 0 Å². The number of hydrogen-bond acceptors (Lipinski definition) is 10. The zero-order chi connectivity index (χ0) is 20.9. The van der Waals surface area contributed by atoms with E-state index in [2.05, 4.69) is 23.8 Å². The first-order valence-electron chi connectivity index (χ1n) is 7.33. The van der Waals surface area contributed by atoms with Crippen LogP contribution >= 0.6 is 27.9 Å². The summed E-state index contributed by atoms with van der Waals surface area (Å²) in [5.74, 6) is 0. The molecule has 15 nitrogen and oxygen atoms in total. The fourth-order valence-electron chi connectivity index (χ4n) is 2.57. The number of phosphoric acid groups is 2. The van der Waals surface area contributed by atoms with Gasteiger partial charge in [-0.2, -0.15) is 4.31 Å². The van der Waals surface area contributed by atoms with Crippen LogP contribution in [0.1, 0.15) is 6.23 Å². The number of imidazole rings is 1. The van der Waals surface area contributed by atoms with E-state index in [1.807, 2.05) is 0 Å². The summed E-state index contributed by atoms with van der Waals surface area (Å²) in [6.07, 6.45) is -4.69. The molecule has 0 saturated carbocycles. The summed E-state index contributed by atoms with van der Waals surface area (Å²) in [7, 11) is -10.5. The highest BCUT2D eigenvalue weighted by Crippen LogP contribution is 2.57. The molecule has 1 aliphatic rings. The van der Waals surface area contributed by atoms with Crippen LogP contribution < -0.4 is 5.69 Å². The van der Waals surface area contributed by atoms with Crippen molar-refractivity contribution in [3.8, 4) is 0 Å². The van der Waals surface area contributed by atoms with Gasteiger partial charge in [0, 0.05) is 0 Å². The van der Waals surface area contributed by atoms with Crippen molar-refractivity contribution in [3.05, 3.63) is 21.5 Å². The number of hydrogen-bond donors (Lipinski definition) is 7. The van der Waals surface area contributed by atoms with Gasteiger partial charge in [0.25, 0.3) is 0 Å². The second-order valence-corrected chi connectivity index (χ2v) is 8.88. The predicted octanol–water partition coefficient (Wildman–Crippen LogP) is -1.37. The van der Waals surface area contributed by atoms with Crippen LogP contribution in [0.3, 0.4) is 0 Å². The van der Waals surface area contributed by atoms with Gasteiger partial charge in [-0.05, 0) is 0 Å². The fourth-order valence-corrected chi connectivity index (χ4v) is 4.41. The molecule has 1 aliphatic heterocycles. The lowest BCUT2D eigenvalue weighted by Gasteiger charge is -2.17. The number of aliphatic hydroxyl groups is 2. The van der Waals surface area contributed by atoms with Gasteiger partial charge in [0.05, 0.1) is 12.9 Å². The van der Waals surface area contributed by atoms with Gasteiger partial charge in [-0.15, -0.1) is 0 Å². The molecule has 156 valence electrons. The van der Waals surface area contributed by atoms with Crippen molar-refractivity contribution in [3.63, 3.8) is 0 Å². The lowest BCUT2D eigenvalue weighted by Crippen LogP contribution is -2.33. The van der Waals surface area contributed by atoms with Crippen LogP contribution in [-0.4, -0.2) is 69.3 Å². The number of H-pyrrole nitrogens is 2. The highest BCUT2D eigenvalue weighted by molar-refractivity contribution is 7.71. The molecule has 0 amide bonds. The van der Waals surface area contributed by atoms with Crippen LogP contribution in [0.2, 0.25) is 0 Å². The van der Waals surface area contributed by atoms with Crippen LogP contribution in [0, 0.1) is 4.64 Å². The summed E-state index contributed by atoms with van der Waals surface area (Å²) >= 11 is 4.97. The largest absolute Gasteiger partial charge is 0.481 e. The number of phosphoric ester groups is 1. The van der Waals surface area contributed by atoms with E-state index < -0.39 is 52.5 Å². The van der Waals surface area contributed by atoms with Gasteiger partial charge in [-0.1, -0.05) is 12.2 Å². The second-order valence-electron chi connectivity index (χ2n) is 5.64. The van der Waals surface area contributed by atoms with Gasteiger partial charge in [0.2, 0.25) is 0 Å². The topological polar surface area (TPSA) is 229 Å². The van der Waals surface area contributed by atoms with Gasteiger partial charge in [0.15, 0.2) is 6.23 Å². The van der Waals surface area contributed by atoms with Crippen molar-refractivity contribution in [2.45, 2.75) is 24.5 Å². The van der Waals surface area contributed by atoms with Gasteiger partial charge >= 0.3 is 21.3 Å². The number of fused-ring (bicyclic) bond motifs is 1. The predicted molar refractivity (Wildman–Crippen MR) is 90.4 cm³/mol. The Morgan fingerprint density at radius 1 is 1.25 bits per heavy atom. The minimum absolute atomic E-state index is 0.0289. The average Bonchev–Trinajstić information content (AvgIpc) is 3.06. The first-order valence-corrected chi connectivity index (χ1v) is 10.8. The van der Waals surface area contributed by atoms with Crippen molar-refractivity contribution in [2.75, 3.05) is 6.61 Å². The molecule has 1 fully saturated rings. The summed E-state index contributed by atoms with van der Waals surface area (Å²) in [6.45, 7) is -0.855. The summed E-state index contributed by atoms with van der Waals surface area (Å²) in [4.78, 5) is 46.7. The molecule has 0 bridgehead atoms. The molecule has 1 unspecified atom stereocenters. The highest BCUT2D eigenvalue weighted by atomic mass is 32.1. The standard InChI is InChI=1S/C10H14N4O11P2S/c15-5-3(1-23-27(21,22)25-26(18,19)20)24-9(6(5)16)14-2-11-4-7(14)12-10(17)13-8(4)28/h2-3,5-6,9,15-16H,1H2,(H,21,22)(H2,18,19,20)(H2,12,13,17,28)/t3-,5-,6-,9-/m1/s1. The van der Waals surface area contributed by atoms with Gasteiger partial charge in [-0.25, -0.2) is 18.9 Å². The highest BCUT2D eigenvalue weighted by Gasteiger charge is 2.45. The molecule has 1 saturated heterocycles. The zero-order valence-corrected chi connectivity index (χ0v) is 16.1. The third-order valence-corrected chi connectivity index (χ3v) is 6.14. The maximum absolute atomic E-state index is 11.6. The van der Waals surface area contributed by atoms with Crippen LogP contribution in [0.5, 0.6) is 0 Å². The molecule has 2 aromatic rings. The van der Waals surface area contributed by atoms with Crippen LogP contribution in [0.25, 0.3) is 11.2 Å². The van der Waals surface area contributed by atoms with Crippen molar-refractivity contribution < 1.29 is 47.6 Å². The smallest absolute Gasteiger partial charge is 0.387 e. The quantitative estimate of drug-likeness (QED) is 0.195. The first-order chi connectivity index (χ1) is 12.9. The minimum atomic E-state index is -5.31. The number of rotatable bonds is 6. The molecule has 0 aliphatic carbocycles. The Morgan fingerprint density at radius 2 is 1.93 bits per heavy atom. The number of aromatic nitrogens is 4. The van der Waals surface area contributed by atoms with E-state index in [1.54, 1.807) is 0 Å². The van der Waals surface area contributed by atoms with Crippen molar-refractivity contribution in [2.24, 2.45) is 0 Å². The van der Waals surface area contributed by atoms with E-state index in [1.165, 1.54) is 10.9 Å². The Bertz CT molecular complexity index is 1090. The second kappa shape index (κ2) is 7.51. The number of nitrogens with one attached hydrogen (secondary N) is 2. The summed E-state index contributed by atoms with van der Waals surface area (Å²) < 4.78 is 36.7. The Labute approximate surface area is 159 Å². The normalized spacial score (nSPS) is 27.9. The molecule has 0 aromatic carbocycles. The Kier molecular flexibility index (Phi) is 5.75. The number of nitrogens with zero attached hydrogens (tertiary/aromatic N) is 2. The molecule has 0 radical (unpaired) electrons. The minimum Gasteiger partial charge on any atom is -0.387 e. The van der Waals surface area contributed by atoms with Crippen LogP contribution in [-0.2, 0) is 22.7 Å². The lowest BCUT2D eigenvalue weighted by molar-refractivity contribution is -0.0503. The average molecular weight is 460 g/mol. The third-order valence-electron chi connectivity index (χ3n) is 3.69. The maximum atomic E-state index is 11.6. The Hall–Kier alpha value is -1.29. The van der Waals surface area contributed by atoms with Gasteiger partial charge < -0.3 is 29.6 Å². The van der Waals surface area contributed by atoms with Crippen molar-refractivity contribution in [1.82, 2.24) is 19.5 Å². The summed E-state index contributed by atoms with van der Waals surface area (Å²) in [5.41, 5.74) is -0.373. The first kappa shape index (κ1) is 21.4. The summed E-state index contributed by atoms with van der Waals surface area (Å²) in [5, 5.41) is 20.3. The SMILES string of the molecule is O=c1[nH]c(=S)c2ncn([C@@H]3O[C@H](COP(=O)(O)OP(=O)(O)O)[C@@H](O)[C@H]3O)c2[nH]1. The van der Waals surface area contributed by atoms with Gasteiger partial charge in [0.1, 0.15) is 34.1 Å². The number of aromatic amines is 2. The van der Waals surface area contributed by atoms with Crippen LogP contribution in [0.4, 0.5) is 0 Å². The van der Waals surface area contributed by atoms with E-state index in [-0.39, 0.29) is 15.8 Å². The molecule has 3 heterocycles. The van der Waals surface area contributed by atoms with Crippen LogP contribution in [0.15, 0.2) is 11.1 Å². The Morgan fingerprint density at radius 3 is 2.57 bits per heavy atom. The van der Waals surface area contributed by atoms with E-state index in [9.17, 15) is 29.0 Å². The molecular formula is C10H14N4O11P2S. The van der Waals surface area contributed by atoms with E-state index in [4.69, 9.17) is 26.7 Å². The number of ether oxygens (including phenoxy) is 1. The number of aliphatic hydroxyl groups excluding tert-OH is 2. The van der Waals surface area contributed by atoms with Gasteiger partial charge in [-0.3, -0.25) is 19.1 Å². The molecule has 3 rings (SSSR count). The molecule has 5 atom stereocenters. The molecule has 0 spiro atoms. The monoisotopic (exact) mass is 460 g/mol. The van der Waals surface area contributed by atoms with E-state index >= 15 is 0 Å². The van der Waals surface area contributed by atoms with Crippen molar-refractivity contribution in [1.29, 1.82) is 0 Å². The molecule has 18 heteroatoms. The molecule has 2 aromatic heterocycles. The Balaban J connectivity index is 1.80. The van der Waals surface area contributed by atoms with Crippen molar-refractivity contribution >= 4 is 39.0 Å². The maximum Gasteiger partial charge on any atom is 0.481 e. The fraction of sp³-hybridized carbons (Fsp3) is 0.500. The molecular weight excluding hydrogens is 446 g/mol. The molecule has 7 N–H and O–H groups in total. The lowest BCUT2D eigenvalue weighted by atomic mass is 10.1. The van der Waals surface area contributed by atoms with E-state index in [0.29, 0.717) is 0 Å². The molecule has 28 heavy (non-hydrogen) atoms. The summed E-state index contributed by atoms with van der Waals surface area (Å²) in [6, 6.07) is 0.